The van der Waals surface area contributed by atoms with E-state index < -0.39 is 0 Å². The predicted molar refractivity (Wildman–Crippen MR) is 91.7 cm³/mol. The van der Waals surface area contributed by atoms with Crippen LogP contribution in [-0.2, 0) is 6.54 Å². The Morgan fingerprint density at radius 3 is 2.45 bits per heavy atom. The number of hydrogen-bond acceptors (Lipinski definition) is 3. The lowest BCUT2D eigenvalue weighted by atomic mass is 10.1. The molecule has 2 nitrogen and oxygen atoms in total. The first-order valence-corrected chi connectivity index (χ1v) is 9.18. The zero-order valence-corrected chi connectivity index (χ0v) is 13.6. The van der Waals surface area contributed by atoms with Gasteiger partial charge in [-0.25, -0.2) is 4.39 Å². The maximum atomic E-state index is 13.5. The molecule has 3 rings (SSSR count). The first kappa shape index (κ1) is 15.4. The lowest BCUT2D eigenvalue weighted by Crippen LogP contribution is -2.23. The fourth-order valence-electron chi connectivity index (χ4n) is 2.26. The molecule has 1 fully saturated rings. The van der Waals surface area contributed by atoms with E-state index in [-0.39, 0.29) is 18.3 Å². The minimum atomic E-state index is -0.298. The summed E-state index contributed by atoms with van der Waals surface area (Å²) in [5, 5.41) is 2.76. The van der Waals surface area contributed by atoms with Crippen molar-refractivity contribution in [1.82, 2.24) is 5.32 Å². The molecular weight excluding hydrogens is 317 g/mol. The Morgan fingerprint density at radius 1 is 1.09 bits per heavy atom. The lowest BCUT2D eigenvalue weighted by Gasteiger charge is -2.10. The van der Waals surface area contributed by atoms with Gasteiger partial charge in [-0.15, -0.1) is 23.5 Å². The number of carbonyl (C=O) groups excluding carboxylic acids is 1. The number of benzene rings is 2. The molecule has 5 heteroatoms. The molecule has 2 aromatic carbocycles. The van der Waals surface area contributed by atoms with Crippen molar-refractivity contribution in [2.24, 2.45) is 0 Å². The van der Waals surface area contributed by atoms with Crippen LogP contribution in [0.1, 0.15) is 26.1 Å². The third-order valence-corrected chi connectivity index (χ3v) is 6.57. The monoisotopic (exact) mass is 333 g/mol. The summed E-state index contributed by atoms with van der Waals surface area (Å²) in [7, 11) is 0. The Balaban J connectivity index is 1.61. The van der Waals surface area contributed by atoms with E-state index >= 15 is 0 Å². The van der Waals surface area contributed by atoms with Crippen LogP contribution in [-0.4, -0.2) is 17.4 Å². The van der Waals surface area contributed by atoms with Gasteiger partial charge in [0.1, 0.15) is 5.82 Å². The minimum absolute atomic E-state index is 0.179. The number of carbonyl (C=O) groups is 1. The summed E-state index contributed by atoms with van der Waals surface area (Å²) >= 11 is 3.88. The average Bonchev–Trinajstić information content (AvgIpc) is 3.08. The minimum Gasteiger partial charge on any atom is -0.348 e. The van der Waals surface area contributed by atoms with Crippen molar-refractivity contribution in [3.05, 3.63) is 71.0 Å². The Morgan fingerprint density at radius 2 is 1.77 bits per heavy atom. The number of amides is 1. The summed E-state index contributed by atoms with van der Waals surface area (Å²) in [5.74, 6) is 1.88. The molecule has 1 aliphatic rings. The van der Waals surface area contributed by atoms with E-state index in [4.69, 9.17) is 0 Å². The van der Waals surface area contributed by atoms with Gasteiger partial charge in [-0.2, -0.15) is 0 Å². The van der Waals surface area contributed by atoms with E-state index in [1.165, 1.54) is 23.1 Å². The Labute approximate surface area is 137 Å². The highest BCUT2D eigenvalue weighted by molar-refractivity contribution is 8.19. The van der Waals surface area contributed by atoms with Gasteiger partial charge in [-0.3, -0.25) is 4.79 Å². The van der Waals surface area contributed by atoms with Crippen LogP contribution in [0.25, 0.3) is 0 Å². The van der Waals surface area contributed by atoms with Crippen LogP contribution in [0.3, 0.4) is 0 Å². The van der Waals surface area contributed by atoms with Crippen molar-refractivity contribution in [1.29, 1.82) is 0 Å². The standard InChI is InChI=1S/C17H16FNOS2/c18-15-4-2-1-3-14(15)11-19-16(20)12-5-7-13(8-6-12)17-21-9-10-22-17/h1-8,17H,9-11H2,(H,19,20). The Kier molecular flexibility index (Phi) is 5.05. The Bertz CT molecular complexity index is 654. The molecule has 1 saturated heterocycles. The maximum Gasteiger partial charge on any atom is 0.251 e. The molecule has 0 saturated carbocycles. The van der Waals surface area contributed by atoms with Gasteiger partial charge >= 0.3 is 0 Å². The highest BCUT2D eigenvalue weighted by Crippen LogP contribution is 2.45. The van der Waals surface area contributed by atoms with Crippen molar-refractivity contribution in [2.45, 2.75) is 11.1 Å². The normalized spacial score (nSPS) is 15.0. The second-order valence-electron chi connectivity index (χ2n) is 4.97. The van der Waals surface area contributed by atoms with E-state index in [1.54, 1.807) is 18.2 Å². The fraction of sp³-hybridized carbons (Fsp3) is 0.235. The molecule has 22 heavy (non-hydrogen) atoms. The SMILES string of the molecule is O=C(NCc1ccccc1F)c1ccc(C2SCCS2)cc1. The third-order valence-electron chi connectivity index (χ3n) is 3.46. The average molecular weight is 333 g/mol. The van der Waals surface area contributed by atoms with E-state index in [9.17, 15) is 9.18 Å². The molecule has 0 atom stereocenters. The van der Waals surface area contributed by atoms with E-state index in [1.807, 2.05) is 47.8 Å². The highest BCUT2D eigenvalue weighted by atomic mass is 32.2. The number of nitrogens with one attached hydrogen (secondary N) is 1. The van der Waals surface area contributed by atoms with Crippen molar-refractivity contribution in [2.75, 3.05) is 11.5 Å². The maximum absolute atomic E-state index is 13.5. The van der Waals surface area contributed by atoms with Gasteiger partial charge in [0.2, 0.25) is 0 Å². The van der Waals surface area contributed by atoms with Crippen LogP contribution in [0.2, 0.25) is 0 Å². The number of rotatable bonds is 4. The van der Waals surface area contributed by atoms with Gasteiger partial charge in [0, 0.05) is 29.2 Å². The third kappa shape index (κ3) is 3.65. The quantitative estimate of drug-likeness (QED) is 0.907. The van der Waals surface area contributed by atoms with Crippen LogP contribution in [0.5, 0.6) is 0 Å². The van der Waals surface area contributed by atoms with Crippen molar-refractivity contribution in [3.8, 4) is 0 Å². The molecule has 2 aromatic rings. The molecule has 0 aliphatic carbocycles. The number of halogens is 1. The molecule has 114 valence electrons. The van der Waals surface area contributed by atoms with Crippen molar-refractivity contribution >= 4 is 29.4 Å². The van der Waals surface area contributed by atoms with Gasteiger partial charge in [-0.05, 0) is 23.8 Å². The second kappa shape index (κ2) is 7.20. The first-order chi connectivity index (χ1) is 10.7. The summed E-state index contributed by atoms with van der Waals surface area (Å²) in [6, 6.07) is 14.2. The van der Waals surface area contributed by atoms with Crippen LogP contribution in [0, 0.1) is 5.82 Å². The van der Waals surface area contributed by atoms with Gasteiger partial charge in [0.15, 0.2) is 0 Å². The van der Waals surface area contributed by atoms with Crippen molar-refractivity contribution < 1.29 is 9.18 Å². The van der Waals surface area contributed by atoms with Crippen LogP contribution in [0.4, 0.5) is 4.39 Å². The van der Waals surface area contributed by atoms with Crippen molar-refractivity contribution in [3.63, 3.8) is 0 Å². The molecule has 0 unspecified atom stereocenters. The molecule has 0 aromatic heterocycles. The van der Waals surface area contributed by atoms with Crippen LogP contribution >= 0.6 is 23.5 Å². The molecule has 1 heterocycles. The second-order valence-corrected chi connectivity index (χ2v) is 7.69. The predicted octanol–water partition coefficient (Wildman–Crippen LogP) is 4.23. The lowest BCUT2D eigenvalue weighted by molar-refractivity contribution is 0.0950. The van der Waals surface area contributed by atoms with E-state index in [0.29, 0.717) is 15.7 Å². The van der Waals surface area contributed by atoms with Gasteiger partial charge in [0.25, 0.3) is 5.91 Å². The molecule has 0 bridgehead atoms. The number of thioether (sulfide) groups is 2. The summed E-state index contributed by atoms with van der Waals surface area (Å²) in [6.45, 7) is 0.196. The number of hydrogen-bond donors (Lipinski definition) is 1. The Hall–Kier alpha value is -1.46. The summed E-state index contributed by atoms with van der Waals surface area (Å²) < 4.78 is 14.0. The van der Waals surface area contributed by atoms with Gasteiger partial charge in [0.05, 0.1) is 4.58 Å². The molecular formula is C17H16FNOS2. The topological polar surface area (TPSA) is 29.1 Å². The van der Waals surface area contributed by atoms with Gasteiger partial charge in [-0.1, -0.05) is 30.3 Å². The molecule has 0 radical (unpaired) electrons. The largest absolute Gasteiger partial charge is 0.348 e. The zero-order chi connectivity index (χ0) is 15.4. The fourth-order valence-corrected chi connectivity index (χ4v) is 5.12. The van der Waals surface area contributed by atoms with Crippen LogP contribution < -0.4 is 5.32 Å². The van der Waals surface area contributed by atoms with Crippen LogP contribution in [0.15, 0.2) is 48.5 Å². The molecule has 0 spiro atoms. The van der Waals surface area contributed by atoms with E-state index in [2.05, 4.69) is 5.32 Å². The zero-order valence-electron chi connectivity index (χ0n) is 11.9. The highest BCUT2D eigenvalue weighted by Gasteiger charge is 2.18. The summed E-state index contributed by atoms with van der Waals surface area (Å²) in [6.07, 6.45) is 0. The first-order valence-electron chi connectivity index (χ1n) is 7.09. The summed E-state index contributed by atoms with van der Waals surface area (Å²) in [5.41, 5.74) is 2.34. The summed E-state index contributed by atoms with van der Waals surface area (Å²) in [4.78, 5) is 12.1. The molecule has 1 amide bonds. The smallest absolute Gasteiger partial charge is 0.251 e. The molecule has 1 N–H and O–H groups in total. The van der Waals surface area contributed by atoms with Gasteiger partial charge < -0.3 is 5.32 Å². The molecule has 1 aliphatic heterocycles. The van der Waals surface area contributed by atoms with E-state index in [0.717, 1.165) is 0 Å².